The Kier molecular flexibility index (Phi) is 13.7. The summed E-state index contributed by atoms with van der Waals surface area (Å²) in [5.41, 5.74) is 6.53. The van der Waals surface area contributed by atoms with E-state index in [0.717, 1.165) is 95.1 Å². The largest absolute Gasteiger partial charge is 0.460 e. The van der Waals surface area contributed by atoms with Gasteiger partial charge in [-0.3, -0.25) is 0 Å². The Morgan fingerprint density at radius 1 is 0.857 bits per heavy atom. The fourth-order valence-electron chi connectivity index (χ4n) is 8.98. The fraction of sp³-hybridized carbons (Fsp3) is 0.396. The molecule has 3 aliphatic rings. The summed E-state index contributed by atoms with van der Waals surface area (Å²) in [6, 6.07) is 35.0. The summed E-state index contributed by atoms with van der Waals surface area (Å²) in [6.45, 7) is 7.28. The number of nitrogens with zero attached hydrogens (tertiary/aromatic N) is 1. The number of aliphatic hydroxyl groups is 2. The molecule has 7 rings (SSSR count). The van der Waals surface area contributed by atoms with Crippen LogP contribution >= 0.6 is 11.8 Å². The van der Waals surface area contributed by atoms with Crippen molar-refractivity contribution in [1.29, 1.82) is 0 Å². The van der Waals surface area contributed by atoms with Gasteiger partial charge >= 0.3 is 0 Å². The van der Waals surface area contributed by atoms with E-state index in [1.165, 1.54) is 0 Å². The molecule has 6 unspecified atom stereocenters. The van der Waals surface area contributed by atoms with Gasteiger partial charge in [0.25, 0.3) is 0 Å². The topological polar surface area (TPSA) is 89.7 Å². The number of oxime groups is 1. The number of aliphatic hydroxyl groups excluding tert-OH is 2. The van der Waals surface area contributed by atoms with Gasteiger partial charge in [0, 0.05) is 31.1 Å². The first-order valence-corrected chi connectivity index (χ1v) is 21.3. The van der Waals surface area contributed by atoms with Gasteiger partial charge < -0.3 is 29.3 Å². The van der Waals surface area contributed by atoms with Gasteiger partial charge in [0.15, 0.2) is 0 Å². The molecule has 0 radical (unpaired) electrons. The number of thioether (sulfide) groups is 1. The number of allylic oxidation sites excluding steroid dienone is 1. The molecule has 4 aromatic carbocycles. The van der Waals surface area contributed by atoms with Crippen LogP contribution in [0.15, 0.2) is 133 Å². The predicted molar refractivity (Wildman–Crippen MR) is 226 cm³/mol. The van der Waals surface area contributed by atoms with Crippen LogP contribution in [0.2, 0.25) is 0 Å². The molecule has 6 atom stereocenters. The molecule has 1 aliphatic heterocycles. The van der Waals surface area contributed by atoms with Crippen molar-refractivity contribution in [3.63, 3.8) is 0 Å². The quantitative estimate of drug-likeness (QED) is 0.0557. The van der Waals surface area contributed by atoms with Gasteiger partial charge in [0.05, 0.1) is 23.5 Å². The summed E-state index contributed by atoms with van der Waals surface area (Å²) in [4.78, 5) is 6.16. The van der Waals surface area contributed by atoms with E-state index >= 15 is 0 Å². The fourth-order valence-corrected chi connectivity index (χ4v) is 10.2. The highest BCUT2D eigenvalue weighted by atomic mass is 32.2. The van der Waals surface area contributed by atoms with Gasteiger partial charge in [-0.2, -0.15) is 11.8 Å². The lowest BCUT2D eigenvalue weighted by Crippen LogP contribution is -2.64. The van der Waals surface area contributed by atoms with E-state index in [4.69, 9.17) is 24.2 Å². The van der Waals surface area contributed by atoms with Crippen molar-refractivity contribution in [2.75, 3.05) is 25.6 Å². The van der Waals surface area contributed by atoms with E-state index in [-0.39, 0.29) is 42.1 Å². The van der Waals surface area contributed by atoms with Crippen LogP contribution in [0.5, 0.6) is 17.2 Å². The Labute approximate surface area is 336 Å². The molecular weight excluding hydrogens is 719 g/mol. The second-order valence-electron chi connectivity index (χ2n) is 15.0. The third-order valence-electron chi connectivity index (χ3n) is 11.4. The van der Waals surface area contributed by atoms with Gasteiger partial charge in [0.1, 0.15) is 23.9 Å². The second kappa shape index (κ2) is 19.2. The average Bonchev–Trinajstić information content (AvgIpc) is 3.23. The minimum atomic E-state index is -0.974. The van der Waals surface area contributed by atoms with Crippen molar-refractivity contribution >= 4 is 17.5 Å². The lowest BCUT2D eigenvalue weighted by atomic mass is 9.56. The molecule has 0 spiro atoms. The van der Waals surface area contributed by atoms with Crippen LogP contribution in [0.25, 0.3) is 11.1 Å². The lowest BCUT2D eigenvalue weighted by molar-refractivity contribution is -0.223. The zero-order chi connectivity index (χ0) is 38.7. The van der Waals surface area contributed by atoms with Crippen molar-refractivity contribution in [3.05, 3.63) is 139 Å². The van der Waals surface area contributed by atoms with Crippen molar-refractivity contribution in [2.45, 2.75) is 75.4 Å². The minimum absolute atomic E-state index is 0.00460. The standard InChI is InChI=1S/C48H55NO6S/c1-3-29-52-48-45(56-4-2)32-43(49-53-33-34-15-7-5-8-16-34)41-30-37(19-11-13-27-50)40(20-12-14-28-51)46(47(41)48)42-31-39(25-26-44(42)55-48)54-38-23-21-36(22-24-38)35-17-9-6-10-18-35/h3,5-10,15-18,21-26,30-31,37,40,45-47,50-51H,1,4,11-14,19-20,27-29,32-33H2,2H3. The third-order valence-corrected chi connectivity index (χ3v) is 12.7. The Morgan fingerprint density at radius 2 is 1.55 bits per heavy atom. The number of unbranched alkanes of at least 4 members (excludes halogenated alkanes) is 2. The van der Waals surface area contributed by atoms with Gasteiger partial charge in [-0.05, 0) is 95.9 Å². The van der Waals surface area contributed by atoms with E-state index in [9.17, 15) is 10.2 Å². The van der Waals surface area contributed by atoms with Gasteiger partial charge in [-0.25, -0.2) is 0 Å². The molecular formula is C48H55NO6S. The zero-order valence-corrected chi connectivity index (χ0v) is 33.2. The normalized spacial score (nSPS) is 24.4. The minimum Gasteiger partial charge on any atom is -0.460 e. The summed E-state index contributed by atoms with van der Waals surface area (Å²) in [5, 5.41) is 24.6. The number of ether oxygens (including phenoxy) is 3. The molecule has 8 heteroatoms. The first kappa shape index (κ1) is 39.9. The third kappa shape index (κ3) is 8.79. The molecule has 0 aromatic heterocycles. The molecule has 0 amide bonds. The Morgan fingerprint density at radius 3 is 2.27 bits per heavy atom. The summed E-state index contributed by atoms with van der Waals surface area (Å²) in [5.74, 6) is 2.49. The van der Waals surface area contributed by atoms with Crippen LogP contribution in [0.4, 0.5) is 0 Å². The molecule has 2 N–H and O–H groups in total. The van der Waals surface area contributed by atoms with Crippen LogP contribution in [0.1, 0.15) is 68.9 Å². The molecule has 1 heterocycles. The molecule has 294 valence electrons. The van der Waals surface area contributed by atoms with Crippen molar-refractivity contribution in [1.82, 2.24) is 0 Å². The van der Waals surface area contributed by atoms with Crippen LogP contribution in [-0.2, 0) is 16.2 Å². The van der Waals surface area contributed by atoms with Crippen molar-refractivity contribution in [2.24, 2.45) is 22.9 Å². The molecule has 1 fully saturated rings. The average molecular weight is 774 g/mol. The number of hydrogen-bond acceptors (Lipinski definition) is 8. The summed E-state index contributed by atoms with van der Waals surface area (Å²) >= 11 is 1.85. The van der Waals surface area contributed by atoms with Crippen LogP contribution in [0.3, 0.4) is 0 Å². The Bertz CT molecular complexity index is 1930. The predicted octanol–water partition coefficient (Wildman–Crippen LogP) is 10.7. The zero-order valence-electron chi connectivity index (χ0n) is 32.4. The van der Waals surface area contributed by atoms with Gasteiger partial charge in [0.2, 0.25) is 5.79 Å². The molecule has 56 heavy (non-hydrogen) atoms. The molecule has 0 bridgehead atoms. The molecule has 4 aromatic rings. The van der Waals surface area contributed by atoms with Gasteiger partial charge in [-0.1, -0.05) is 110 Å². The maximum absolute atomic E-state index is 9.91. The van der Waals surface area contributed by atoms with E-state index in [1.54, 1.807) is 0 Å². The number of benzene rings is 4. The molecule has 1 saturated carbocycles. The van der Waals surface area contributed by atoms with Gasteiger partial charge in [-0.15, -0.1) is 6.58 Å². The van der Waals surface area contributed by atoms with E-state index < -0.39 is 5.79 Å². The van der Waals surface area contributed by atoms with E-state index in [2.05, 4.69) is 68.1 Å². The highest BCUT2D eigenvalue weighted by Gasteiger charge is 2.63. The lowest BCUT2D eigenvalue weighted by Gasteiger charge is -2.58. The van der Waals surface area contributed by atoms with Crippen LogP contribution < -0.4 is 9.47 Å². The highest BCUT2D eigenvalue weighted by Crippen LogP contribution is 2.62. The van der Waals surface area contributed by atoms with E-state index in [0.29, 0.717) is 19.6 Å². The smallest absolute Gasteiger partial charge is 0.230 e. The number of hydrogen-bond donors (Lipinski definition) is 2. The number of fused-ring (bicyclic) bond motifs is 2. The number of rotatable bonds is 19. The highest BCUT2D eigenvalue weighted by molar-refractivity contribution is 8.00. The van der Waals surface area contributed by atoms with Crippen LogP contribution in [0, 0.1) is 17.8 Å². The van der Waals surface area contributed by atoms with E-state index in [1.807, 2.05) is 72.4 Å². The maximum Gasteiger partial charge on any atom is 0.230 e. The first-order chi connectivity index (χ1) is 27.6. The summed E-state index contributed by atoms with van der Waals surface area (Å²) in [6.07, 6.45) is 10.1. The summed E-state index contributed by atoms with van der Waals surface area (Å²) < 4.78 is 20.8. The SMILES string of the molecule is C=CCOC12Oc3ccc(Oc4ccc(-c5ccccc5)cc4)cc3C3C(CCCCO)C(CCCCO)C=C(C(=NOCc4ccccc4)CC1SCC)C32. The Hall–Kier alpha value is -4.34. The van der Waals surface area contributed by atoms with Crippen molar-refractivity contribution in [3.8, 4) is 28.4 Å². The van der Waals surface area contributed by atoms with Crippen molar-refractivity contribution < 1.29 is 29.3 Å². The first-order valence-electron chi connectivity index (χ1n) is 20.3. The molecule has 7 nitrogen and oxygen atoms in total. The van der Waals surface area contributed by atoms with Crippen LogP contribution in [-0.4, -0.2) is 52.5 Å². The monoisotopic (exact) mass is 773 g/mol. The summed E-state index contributed by atoms with van der Waals surface area (Å²) in [7, 11) is 0. The maximum atomic E-state index is 9.91. The second-order valence-corrected chi connectivity index (χ2v) is 16.4. The molecule has 2 aliphatic carbocycles. The molecule has 0 saturated heterocycles. The Balaban J connectivity index is 1.33.